The third-order valence-electron chi connectivity index (χ3n) is 4.57. The predicted octanol–water partition coefficient (Wildman–Crippen LogP) is 2.26. The molecule has 3 heteroatoms. The third-order valence-corrected chi connectivity index (χ3v) is 4.57. The van der Waals surface area contributed by atoms with Crippen molar-refractivity contribution in [2.45, 2.75) is 38.6 Å². The van der Waals surface area contributed by atoms with Gasteiger partial charge in [-0.3, -0.25) is 0 Å². The Hall–Kier alpha value is -0.900. The summed E-state index contributed by atoms with van der Waals surface area (Å²) in [7, 11) is 0. The van der Waals surface area contributed by atoms with E-state index in [-0.39, 0.29) is 5.41 Å². The summed E-state index contributed by atoms with van der Waals surface area (Å²) >= 11 is 0. The standard InChI is InChI=1S/C18H30N2O/c1-15(2)19-13-18(3,17-7-5-4-6-8-17)14-20-10-9-16(11-20)12-21/h4-8,15-16,19,21H,9-14H2,1-3H3. The first-order chi connectivity index (χ1) is 10.0. The summed E-state index contributed by atoms with van der Waals surface area (Å²) in [5.74, 6) is 0.461. The maximum atomic E-state index is 9.34. The molecule has 1 aromatic rings. The molecule has 1 aliphatic rings. The average Bonchev–Trinajstić information content (AvgIpc) is 2.93. The highest BCUT2D eigenvalue weighted by atomic mass is 16.3. The largest absolute Gasteiger partial charge is 0.396 e. The zero-order valence-corrected chi connectivity index (χ0v) is 13.7. The van der Waals surface area contributed by atoms with Gasteiger partial charge in [-0.15, -0.1) is 0 Å². The molecule has 0 aromatic heterocycles. The lowest BCUT2D eigenvalue weighted by atomic mass is 9.81. The molecule has 0 radical (unpaired) electrons. The summed E-state index contributed by atoms with van der Waals surface area (Å²) in [6.45, 7) is 11.2. The Labute approximate surface area is 129 Å². The number of aliphatic hydroxyl groups excluding tert-OH is 1. The van der Waals surface area contributed by atoms with E-state index in [9.17, 15) is 5.11 Å². The highest BCUT2D eigenvalue weighted by Crippen LogP contribution is 2.27. The van der Waals surface area contributed by atoms with Gasteiger partial charge in [-0.25, -0.2) is 0 Å². The third kappa shape index (κ3) is 4.53. The highest BCUT2D eigenvalue weighted by molar-refractivity contribution is 5.26. The molecule has 1 fully saturated rings. The zero-order chi connectivity index (χ0) is 15.3. The van der Waals surface area contributed by atoms with E-state index in [4.69, 9.17) is 0 Å². The van der Waals surface area contributed by atoms with Crippen LogP contribution in [0.1, 0.15) is 32.8 Å². The van der Waals surface area contributed by atoms with Crippen LogP contribution in [0.25, 0.3) is 0 Å². The van der Waals surface area contributed by atoms with Crippen LogP contribution in [0.3, 0.4) is 0 Å². The van der Waals surface area contributed by atoms with Crippen molar-refractivity contribution in [3.05, 3.63) is 35.9 Å². The van der Waals surface area contributed by atoms with Crippen molar-refractivity contribution in [3.8, 4) is 0 Å². The SMILES string of the molecule is CC(C)NCC(C)(CN1CCC(CO)C1)c1ccccc1. The second-order valence-electron chi connectivity index (χ2n) is 7.03. The molecule has 0 amide bonds. The topological polar surface area (TPSA) is 35.5 Å². The quantitative estimate of drug-likeness (QED) is 0.808. The lowest BCUT2D eigenvalue weighted by molar-refractivity contribution is 0.204. The molecule has 1 saturated heterocycles. The van der Waals surface area contributed by atoms with Gasteiger partial charge in [0, 0.05) is 37.7 Å². The van der Waals surface area contributed by atoms with E-state index in [1.54, 1.807) is 0 Å². The van der Waals surface area contributed by atoms with E-state index < -0.39 is 0 Å². The van der Waals surface area contributed by atoms with Crippen LogP contribution in [0.4, 0.5) is 0 Å². The summed E-state index contributed by atoms with van der Waals surface area (Å²) in [5, 5.41) is 12.9. The molecular formula is C18H30N2O. The number of benzene rings is 1. The molecule has 118 valence electrons. The van der Waals surface area contributed by atoms with Crippen LogP contribution in [0.15, 0.2) is 30.3 Å². The summed E-state index contributed by atoms with van der Waals surface area (Å²) < 4.78 is 0. The first-order valence-corrected chi connectivity index (χ1v) is 8.15. The molecule has 2 unspecified atom stereocenters. The number of aliphatic hydroxyl groups is 1. The Bertz CT molecular complexity index is 420. The molecule has 21 heavy (non-hydrogen) atoms. The van der Waals surface area contributed by atoms with E-state index in [0.717, 1.165) is 32.6 Å². The maximum Gasteiger partial charge on any atom is 0.0471 e. The maximum absolute atomic E-state index is 9.34. The van der Waals surface area contributed by atoms with Crippen LogP contribution in [-0.2, 0) is 5.41 Å². The second-order valence-corrected chi connectivity index (χ2v) is 7.03. The van der Waals surface area contributed by atoms with Gasteiger partial charge in [-0.2, -0.15) is 0 Å². The van der Waals surface area contributed by atoms with Gasteiger partial charge in [0.2, 0.25) is 0 Å². The first-order valence-electron chi connectivity index (χ1n) is 8.15. The first kappa shape index (κ1) is 16.5. The Kier molecular flexibility index (Phi) is 5.80. The normalized spacial score (nSPS) is 22.6. The van der Waals surface area contributed by atoms with Crippen molar-refractivity contribution >= 4 is 0 Å². The van der Waals surface area contributed by atoms with Crippen LogP contribution in [0.2, 0.25) is 0 Å². The van der Waals surface area contributed by atoms with E-state index in [0.29, 0.717) is 18.6 Å². The lowest BCUT2D eigenvalue weighted by Gasteiger charge is -2.35. The number of nitrogens with zero attached hydrogens (tertiary/aromatic N) is 1. The summed E-state index contributed by atoms with van der Waals surface area (Å²) in [4.78, 5) is 2.51. The van der Waals surface area contributed by atoms with Gasteiger partial charge in [0.1, 0.15) is 0 Å². The van der Waals surface area contributed by atoms with Crippen molar-refractivity contribution in [3.63, 3.8) is 0 Å². The van der Waals surface area contributed by atoms with Crippen LogP contribution in [-0.4, -0.2) is 48.8 Å². The predicted molar refractivity (Wildman–Crippen MR) is 88.6 cm³/mol. The van der Waals surface area contributed by atoms with Gasteiger partial charge in [0.05, 0.1) is 0 Å². The molecule has 0 bridgehead atoms. The van der Waals surface area contributed by atoms with Gasteiger partial charge in [-0.1, -0.05) is 51.1 Å². The minimum atomic E-state index is 0.107. The van der Waals surface area contributed by atoms with Gasteiger partial charge in [0.25, 0.3) is 0 Å². The van der Waals surface area contributed by atoms with Crippen molar-refractivity contribution in [2.24, 2.45) is 5.92 Å². The Morgan fingerprint density at radius 3 is 2.62 bits per heavy atom. The molecule has 0 spiro atoms. The van der Waals surface area contributed by atoms with Crippen LogP contribution in [0.5, 0.6) is 0 Å². The van der Waals surface area contributed by atoms with E-state index >= 15 is 0 Å². The fourth-order valence-electron chi connectivity index (χ4n) is 3.22. The Balaban J connectivity index is 2.08. The summed E-state index contributed by atoms with van der Waals surface area (Å²) in [6, 6.07) is 11.3. The average molecular weight is 290 g/mol. The second kappa shape index (κ2) is 7.39. The number of rotatable bonds is 7. The number of hydrogen-bond acceptors (Lipinski definition) is 3. The Morgan fingerprint density at radius 2 is 2.05 bits per heavy atom. The molecule has 1 heterocycles. The minimum absolute atomic E-state index is 0.107. The zero-order valence-electron chi connectivity index (χ0n) is 13.7. The van der Waals surface area contributed by atoms with Crippen LogP contribution in [0, 0.1) is 5.92 Å². The molecule has 2 atom stereocenters. The van der Waals surface area contributed by atoms with E-state index in [1.165, 1.54) is 5.56 Å². The lowest BCUT2D eigenvalue weighted by Crippen LogP contribution is -2.46. The molecule has 0 saturated carbocycles. The Morgan fingerprint density at radius 1 is 1.33 bits per heavy atom. The summed E-state index contributed by atoms with van der Waals surface area (Å²) in [5.41, 5.74) is 1.50. The molecule has 1 aliphatic heterocycles. The van der Waals surface area contributed by atoms with Crippen LogP contribution >= 0.6 is 0 Å². The monoisotopic (exact) mass is 290 g/mol. The van der Waals surface area contributed by atoms with Crippen molar-refractivity contribution < 1.29 is 5.11 Å². The highest BCUT2D eigenvalue weighted by Gasteiger charge is 2.32. The van der Waals surface area contributed by atoms with Gasteiger partial charge < -0.3 is 15.3 Å². The minimum Gasteiger partial charge on any atom is -0.396 e. The molecule has 2 N–H and O–H groups in total. The van der Waals surface area contributed by atoms with Gasteiger partial charge >= 0.3 is 0 Å². The summed E-state index contributed by atoms with van der Waals surface area (Å²) in [6.07, 6.45) is 1.12. The number of nitrogens with one attached hydrogen (secondary N) is 1. The van der Waals surface area contributed by atoms with Crippen LogP contribution < -0.4 is 5.32 Å². The fourth-order valence-corrected chi connectivity index (χ4v) is 3.22. The molecule has 3 nitrogen and oxygen atoms in total. The van der Waals surface area contributed by atoms with E-state index in [2.05, 4.69) is 61.3 Å². The number of likely N-dealkylation sites (tertiary alicyclic amines) is 1. The molecular weight excluding hydrogens is 260 g/mol. The smallest absolute Gasteiger partial charge is 0.0471 e. The van der Waals surface area contributed by atoms with Crippen molar-refractivity contribution in [1.29, 1.82) is 0 Å². The van der Waals surface area contributed by atoms with Gasteiger partial charge in [-0.05, 0) is 24.4 Å². The van der Waals surface area contributed by atoms with Crippen molar-refractivity contribution in [1.82, 2.24) is 10.2 Å². The molecule has 1 aromatic carbocycles. The number of hydrogen-bond donors (Lipinski definition) is 2. The molecule has 2 rings (SSSR count). The van der Waals surface area contributed by atoms with Crippen molar-refractivity contribution in [2.75, 3.05) is 32.8 Å². The fraction of sp³-hybridized carbons (Fsp3) is 0.667. The van der Waals surface area contributed by atoms with Gasteiger partial charge in [0.15, 0.2) is 0 Å². The van der Waals surface area contributed by atoms with E-state index in [1.807, 2.05) is 0 Å². The molecule has 0 aliphatic carbocycles.